The minimum absolute atomic E-state index is 0.168. The van der Waals surface area contributed by atoms with Crippen LogP contribution >= 0.6 is 15.9 Å². The molecule has 2 aromatic carbocycles. The fourth-order valence-electron chi connectivity index (χ4n) is 2.69. The van der Waals surface area contributed by atoms with Crippen molar-refractivity contribution in [2.45, 2.75) is 13.0 Å². The Hall–Kier alpha value is -2.93. The average Bonchev–Trinajstić information content (AvgIpc) is 3.13. The minimum Gasteiger partial charge on any atom is -0.399 e. The third-order valence-corrected chi connectivity index (χ3v) is 4.71. The third kappa shape index (κ3) is 4.67. The molecule has 0 saturated carbocycles. The molecule has 0 aliphatic heterocycles. The zero-order chi connectivity index (χ0) is 19.9. The molecule has 0 fully saturated rings. The van der Waals surface area contributed by atoms with E-state index in [2.05, 4.69) is 31.2 Å². The largest absolute Gasteiger partial charge is 0.399 e. The number of nitrogens with zero attached hydrogens (tertiary/aromatic N) is 4. The molecule has 0 aliphatic carbocycles. The van der Waals surface area contributed by atoms with Gasteiger partial charge in [-0.2, -0.15) is 0 Å². The van der Waals surface area contributed by atoms with E-state index in [1.807, 2.05) is 73.3 Å². The first-order valence-electron chi connectivity index (χ1n) is 8.73. The monoisotopic (exact) mass is 440 g/mol. The Kier molecular flexibility index (Phi) is 6.60. The fourth-order valence-corrected chi connectivity index (χ4v) is 2.96. The molecular weight excluding hydrogens is 420 g/mol. The van der Waals surface area contributed by atoms with Crippen LogP contribution in [-0.4, -0.2) is 28.6 Å². The maximum atomic E-state index is 5.64. The minimum atomic E-state index is -0.168. The smallest absolute Gasteiger partial charge is 0.162 e. The molecule has 0 radical (unpaired) electrons. The van der Waals surface area contributed by atoms with Crippen molar-refractivity contribution in [3.8, 4) is 0 Å². The Labute approximate surface area is 172 Å². The molecule has 1 unspecified atom stereocenters. The summed E-state index contributed by atoms with van der Waals surface area (Å²) >= 11 is 3.43. The lowest BCUT2D eigenvalue weighted by atomic mass is 10.0. The second kappa shape index (κ2) is 9.32. The molecule has 0 saturated heterocycles. The van der Waals surface area contributed by atoms with Gasteiger partial charge in [-0.1, -0.05) is 62.6 Å². The molecule has 0 amide bonds. The van der Waals surface area contributed by atoms with Crippen molar-refractivity contribution in [3.63, 3.8) is 0 Å². The van der Waals surface area contributed by atoms with Gasteiger partial charge in [-0.3, -0.25) is 0 Å². The first-order valence-corrected chi connectivity index (χ1v) is 9.52. The first kappa shape index (κ1) is 19.8. The highest BCUT2D eigenvalue weighted by Crippen LogP contribution is 2.20. The molecule has 0 aliphatic rings. The maximum absolute atomic E-state index is 5.64. The standard InChI is InChI=1S/C21H21BrN4O2/c1-15(16-8-10-18(22)11-9-16)28-24-14-17-6-4-5-7-19(17)20(25-27-3)21-23-12-13-26(21)2/h4-15H,1-3H3/b24-14+,25-20+. The van der Waals surface area contributed by atoms with Gasteiger partial charge in [0.05, 0.1) is 6.21 Å². The highest BCUT2D eigenvalue weighted by Gasteiger charge is 2.16. The lowest BCUT2D eigenvalue weighted by Gasteiger charge is -2.11. The molecule has 0 N–H and O–H groups in total. The van der Waals surface area contributed by atoms with Crippen molar-refractivity contribution in [2.75, 3.05) is 7.11 Å². The van der Waals surface area contributed by atoms with E-state index in [-0.39, 0.29) is 6.10 Å². The van der Waals surface area contributed by atoms with E-state index in [1.54, 1.807) is 12.4 Å². The van der Waals surface area contributed by atoms with E-state index in [0.717, 1.165) is 21.2 Å². The third-order valence-electron chi connectivity index (χ3n) is 4.18. The van der Waals surface area contributed by atoms with Crippen LogP contribution in [0, 0.1) is 0 Å². The van der Waals surface area contributed by atoms with Gasteiger partial charge in [0.25, 0.3) is 0 Å². The van der Waals surface area contributed by atoms with Gasteiger partial charge in [0.1, 0.15) is 13.2 Å². The first-order chi connectivity index (χ1) is 13.6. The molecule has 144 valence electrons. The number of hydrogen-bond donors (Lipinski definition) is 0. The average molecular weight is 441 g/mol. The van der Waals surface area contributed by atoms with Crippen LogP contribution in [-0.2, 0) is 16.7 Å². The molecule has 3 rings (SSSR count). The predicted molar refractivity (Wildman–Crippen MR) is 114 cm³/mol. The van der Waals surface area contributed by atoms with Gasteiger partial charge < -0.3 is 14.2 Å². The Morgan fingerprint density at radius 3 is 2.61 bits per heavy atom. The number of imidazole rings is 1. The van der Waals surface area contributed by atoms with Crippen molar-refractivity contribution < 1.29 is 9.68 Å². The lowest BCUT2D eigenvalue weighted by molar-refractivity contribution is 0.0736. The summed E-state index contributed by atoms with van der Waals surface area (Å²) in [6.07, 6.45) is 5.09. The molecule has 28 heavy (non-hydrogen) atoms. The van der Waals surface area contributed by atoms with Crippen LogP contribution in [0.2, 0.25) is 0 Å². The lowest BCUT2D eigenvalue weighted by Crippen LogP contribution is -2.13. The number of benzene rings is 2. The Balaban J connectivity index is 1.83. The molecule has 3 aromatic rings. The second-order valence-electron chi connectivity index (χ2n) is 6.11. The zero-order valence-corrected chi connectivity index (χ0v) is 17.5. The summed E-state index contributed by atoms with van der Waals surface area (Å²) in [6.45, 7) is 1.96. The van der Waals surface area contributed by atoms with Crippen LogP contribution in [0.25, 0.3) is 0 Å². The number of hydrogen-bond acceptors (Lipinski definition) is 5. The summed E-state index contributed by atoms with van der Waals surface area (Å²) in [5.74, 6) is 0.701. The van der Waals surface area contributed by atoms with E-state index in [1.165, 1.54) is 7.11 Å². The zero-order valence-electron chi connectivity index (χ0n) is 15.9. The van der Waals surface area contributed by atoms with Crippen LogP contribution in [0.15, 0.2) is 75.7 Å². The number of rotatable bonds is 7. The van der Waals surface area contributed by atoms with Crippen LogP contribution in [0.5, 0.6) is 0 Å². The summed E-state index contributed by atoms with van der Waals surface area (Å²) in [5, 5.41) is 8.37. The van der Waals surface area contributed by atoms with Gasteiger partial charge in [-0.15, -0.1) is 0 Å². The summed E-state index contributed by atoms with van der Waals surface area (Å²) in [7, 11) is 3.43. The van der Waals surface area contributed by atoms with Crippen LogP contribution in [0.4, 0.5) is 0 Å². The van der Waals surface area contributed by atoms with Gasteiger partial charge in [0, 0.05) is 35.0 Å². The van der Waals surface area contributed by atoms with Gasteiger partial charge >= 0.3 is 0 Å². The molecule has 1 atom stereocenters. The summed E-state index contributed by atoms with van der Waals surface area (Å²) in [6, 6.07) is 15.7. The van der Waals surface area contributed by atoms with E-state index in [4.69, 9.17) is 9.68 Å². The highest BCUT2D eigenvalue weighted by atomic mass is 79.9. The summed E-state index contributed by atoms with van der Waals surface area (Å²) in [5.41, 5.74) is 3.37. The number of aryl methyl sites for hydroxylation is 1. The van der Waals surface area contributed by atoms with Crippen molar-refractivity contribution in [2.24, 2.45) is 17.4 Å². The molecule has 0 spiro atoms. The van der Waals surface area contributed by atoms with E-state index in [0.29, 0.717) is 11.5 Å². The Morgan fingerprint density at radius 2 is 1.93 bits per heavy atom. The number of oxime groups is 2. The Bertz CT molecular complexity index is 980. The van der Waals surface area contributed by atoms with Gasteiger partial charge in [-0.25, -0.2) is 4.98 Å². The molecule has 6 nitrogen and oxygen atoms in total. The molecule has 7 heteroatoms. The molecule has 0 bridgehead atoms. The predicted octanol–water partition coefficient (Wildman–Crippen LogP) is 4.69. The van der Waals surface area contributed by atoms with Crippen molar-refractivity contribution in [1.29, 1.82) is 0 Å². The fraction of sp³-hybridized carbons (Fsp3) is 0.190. The summed E-state index contributed by atoms with van der Waals surface area (Å²) < 4.78 is 2.91. The van der Waals surface area contributed by atoms with Crippen molar-refractivity contribution in [1.82, 2.24) is 9.55 Å². The molecular formula is C21H21BrN4O2. The SMILES string of the molecule is CO/N=C(\c1ccccc1/C=N/OC(C)c1ccc(Br)cc1)c1nccn1C. The topological polar surface area (TPSA) is 61.0 Å². The van der Waals surface area contributed by atoms with Gasteiger partial charge in [0.15, 0.2) is 11.5 Å². The van der Waals surface area contributed by atoms with Crippen LogP contribution < -0.4 is 0 Å². The number of aromatic nitrogens is 2. The van der Waals surface area contributed by atoms with E-state index in [9.17, 15) is 0 Å². The van der Waals surface area contributed by atoms with Crippen LogP contribution in [0.3, 0.4) is 0 Å². The molecule has 1 heterocycles. The Morgan fingerprint density at radius 1 is 1.18 bits per heavy atom. The van der Waals surface area contributed by atoms with Crippen molar-refractivity contribution >= 4 is 27.9 Å². The van der Waals surface area contributed by atoms with Crippen LogP contribution in [0.1, 0.15) is 35.5 Å². The van der Waals surface area contributed by atoms with E-state index < -0.39 is 0 Å². The quantitative estimate of drug-likeness (QED) is 0.395. The van der Waals surface area contributed by atoms with E-state index >= 15 is 0 Å². The second-order valence-corrected chi connectivity index (χ2v) is 7.02. The molecule has 1 aromatic heterocycles. The number of halogens is 1. The maximum Gasteiger partial charge on any atom is 0.162 e. The van der Waals surface area contributed by atoms with Gasteiger partial charge in [0.2, 0.25) is 0 Å². The normalized spacial score (nSPS) is 12.9. The van der Waals surface area contributed by atoms with Crippen molar-refractivity contribution in [3.05, 3.63) is 87.9 Å². The van der Waals surface area contributed by atoms with Gasteiger partial charge in [-0.05, 0) is 24.6 Å². The highest BCUT2D eigenvalue weighted by molar-refractivity contribution is 9.10. The summed E-state index contributed by atoms with van der Waals surface area (Å²) in [4.78, 5) is 15.1.